The summed E-state index contributed by atoms with van der Waals surface area (Å²) in [5.74, 6) is 0.926. The Balaban J connectivity index is 1.46. The molecular weight excluding hydrogens is 491 g/mol. The number of urea groups is 1. The molecule has 0 atom stereocenters. The lowest BCUT2D eigenvalue weighted by molar-refractivity contribution is 0.0615. The lowest BCUT2D eigenvalue weighted by Crippen LogP contribution is -2.55. The van der Waals surface area contributed by atoms with Crippen LogP contribution in [0.3, 0.4) is 0 Å². The molecule has 0 radical (unpaired) electrons. The summed E-state index contributed by atoms with van der Waals surface area (Å²) < 4.78 is 24.5. The number of nitrogens with zero attached hydrogens (tertiary/aromatic N) is 4. The second-order valence-corrected chi connectivity index (χ2v) is 10.2. The second-order valence-electron chi connectivity index (χ2n) is 10.2. The van der Waals surface area contributed by atoms with Crippen LogP contribution in [-0.2, 0) is 17.7 Å². The number of nitrogens with one attached hydrogen (secondary N) is 2. The normalized spacial score (nSPS) is 19.5. The number of hydrogen-bond donors (Lipinski definition) is 2. The van der Waals surface area contributed by atoms with Crippen molar-refractivity contribution >= 4 is 17.9 Å². The van der Waals surface area contributed by atoms with Crippen molar-refractivity contribution in [2.24, 2.45) is 0 Å². The van der Waals surface area contributed by atoms with E-state index in [0.29, 0.717) is 55.5 Å². The molecule has 11 heteroatoms. The first-order valence-corrected chi connectivity index (χ1v) is 13.1. The lowest BCUT2D eigenvalue weighted by atomic mass is 9.86. The number of ether oxygens (including phenoxy) is 2. The van der Waals surface area contributed by atoms with Crippen molar-refractivity contribution in [2.45, 2.75) is 44.2 Å². The minimum absolute atomic E-state index is 0.175. The van der Waals surface area contributed by atoms with Crippen LogP contribution in [0, 0.1) is 5.82 Å². The average molecular weight is 527 g/mol. The highest BCUT2D eigenvalue weighted by Gasteiger charge is 2.52. The van der Waals surface area contributed by atoms with Crippen molar-refractivity contribution in [3.05, 3.63) is 53.0 Å². The first-order chi connectivity index (χ1) is 18.4. The van der Waals surface area contributed by atoms with Gasteiger partial charge in [-0.2, -0.15) is 0 Å². The fourth-order valence-corrected chi connectivity index (χ4v) is 5.87. The number of rotatable bonds is 6. The molecule has 0 aliphatic carbocycles. The largest absolute Gasteiger partial charge is 0.497 e. The molecule has 0 saturated carbocycles. The topological polar surface area (TPSA) is 99.3 Å². The minimum atomic E-state index is -0.535. The number of methoxy groups -OCH3 is 2. The molecule has 3 amide bonds. The third kappa shape index (κ3) is 4.88. The van der Waals surface area contributed by atoms with Gasteiger partial charge in [0.2, 0.25) is 0 Å². The number of piperidine rings is 1. The third-order valence-electron chi connectivity index (χ3n) is 7.99. The maximum atomic E-state index is 14.3. The number of likely N-dealkylation sites (tertiary alicyclic amines) is 1. The second kappa shape index (κ2) is 10.7. The van der Waals surface area contributed by atoms with Crippen molar-refractivity contribution < 1.29 is 23.5 Å². The van der Waals surface area contributed by atoms with Gasteiger partial charge in [-0.1, -0.05) is 13.0 Å². The minimum Gasteiger partial charge on any atom is -0.497 e. The fourth-order valence-electron chi connectivity index (χ4n) is 5.87. The number of anilines is 1. The molecule has 4 heterocycles. The number of aromatic nitrogens is 1. The van der Waals surface area contributed by atoms with Crippen molar-refractivity contribution in [3.63, 3.8) is 0 Å². The molecule has 5 rings (SSSR count). The molecule has 10 nitrogen and oxygen atoms in total. The smallest absolute Gasteiger partial charge is 0.409 e. The van der Waals surface area contributed by atoms with Gasteiger partial charge in [-0.05, 0) is 48.6 Å². The van der Waals surface area contributed by atoms with E-state index in [0.717, 1.165) is 25.2 Å². The van der Waals surface area contributed by atoms with E-state index in [1.807, 2.05) is 11.0 Å². The van der Waals surface area contributed by atoms with Crippen LogP contribution < -0.4 is 20.5 Å². The van der Waals surface area contributed by atoms with E-state index in [1.54, 1.807) is 15.9 Å². The Morgan fingerprint density at radius 2 is 1.89 bits per heavy atom. The average Bonchev–Trinajstić information content (AvgIpc) is 3.56. The lowest BCUT2D eigenvalue weighted by Gasteiger charge is -2.43. The van der Waals surface area contributed by atoms with E-state index in [9.17, 15) is 14.0 Å². The van der Waals surface area contributed by atoms with E-state index in [-0.39, 0.29) is 18.7 Å². The molecule has 2 N–H and O–H groups in total. The van der Waals surface area contributed by atoms with E-state index in [2.05, 4.69) is 23.8 Å². The summed E-state index contributed by atoms with van der Waals surface area (Å²) in [6.45, 7) is 5.33. The van der Waals surface area contributed by atoms with Gasteiger partial charge in [-0.25, -0.2) is 19.0 Å². The van der Waals surface area contributed by atoms with Crippen molar-refractivity contribution in [2.75, 3.05) is 51.8 Å². The summed E-state index contributed by atoms with van der Waals surface area (Å²) >= 11 is 0. The van der Waals surface area contributed by atoms with Gasteiger partial charge in [0.05, 0.1) is 26.3 Å². The summed E-state index contributed by atoms with van der Waals surface area (Å²) in [4.78, 5) is 36.3. The highest BCUT2D eigenvalue weighted by atomic mass is 19.1. The molecular formula is C27H35FN6O4. The molecule has 3 saturated heterocycles. The molecule has 3 fully saturated rings. The van der Waals surface area contributed by atoms with E-state index < -0.39 is 11.4 Å². The van der Waals surface area contributed by atoms with Crippen molar-refractivity contribution in [3.8, 4) is 5.75 Å². The van der Waals surface area contributed by atoms with Crippen LogP contribution in [0.2, 0.25) is 0 Å². The summed E-state index contributed by atoms with van der Waals surface area (Å²) in [6.07, 6.45) is 1.54. The number of carbonyl (C=O) groups excluding carboxylic acids is 2. The van der Waals surface area contributed by atoms with Gasteiger partial charge in [-0.15, -0.1) is 0 Å². The van der Waals surface area contributed by atoms with E-state index in [4.69, 9.17) is 14.5 Å². The van der Waals surface area contributed by atoms with Crippen LogP contribution in [0.5, 0.6) is 5.75 Å². The van der Waals surface area contributed by atoms with E-state index in [1.165, 1.54) is 31.9 Å². The summed E-state index contributed by atoms with van der Waals surface area (Å²) in [5.41, 5.74) is 8.62. The molecule has 38 heavy (non-hydrogen) atoms. The molecule has 0 bridgehead atoms. The quantitative estimate of drug-likeness (QED) is 0.597. The predicted octanol–water partition coefficient (Wildman–Crippen LogP) is 3.03. The predicted molar refractivity (Wildman–Crippen MR) is 140 cm³/mol. The van der Waals surface area contributed by atoms with Crippen LogP contribution in [0.1, 0.15) is 42.5 Å². The Kier molecular flexibility index (Phi) is 7.40. The summed E-state index contributed by atoms with van der Waals surface area (Å²) in [5, 5.41) is 0. The summed E-state index contributed by atoms with van der Waals surface area (Å²) in [6, 6.07) is 8.34. The Bertz CT molecular complexity index is 1200. The van der Waals surface area contributed by atoms with Crippen LogP contribution in [0.15, 0.2) is 30.3 Å². The number of carbonyl (C=O) groups is 2. The Morgan fingerprint density at radius 1 is 1.16 bits per heavy atom. The maximum absolute atomic E-state index is 14.3. The van der Waals surface area contributed by atoms with E-state index >= 15 is 0 Å². The Hall–Kier alpha value is -3.44. The highest BCUT2D eigenvalue weighted by molar-refractivity contribution is 5.94. The van der Waals surface area contributed by atoms with Gasteiger partial charge < -0.3 is 19.3 Å². The monoisotopic (exact) mass is 526 g/mol. The van der Waals surface area contributed by atoms with Crippen molar-refractivity contribution in [1.29, 1.82) is 0 Å². The van der Waals surface area contributed by atoms with Crippen LogP contribution in [0.4, 0.5) is 19.8 Å². The number of aryl methyl sites for hydroxylation is 1. The van der Waals surface area contributed by atoms with Gasteiger partial charge in [0.15, 0.2) is 0 Å². The molecule has 3 aliphatic rings. The SMILES string of the molecule is CCc1nc(N2CC3(CCN(C(=O)OC)CC3)N(Cc3cc(F)cc(OC)c3)C2=O)ccc1C1CNNC1. The van der Waals surface area contributed by atoms with Gasteiger partial charge in [0.1, 0.15) is 17.4 Å². The zero-order valence-electron chi connectivity index (χ0n) is 22.1. The summed E-state index contributed by atoms with van der Waals surface area (Å²) in [7, 11) is 2.86. The zero-order chi connectivity index (χ0) is 26.9. The first-order valence-electron chi connectivity index (χ1n) is 13.1. The maximum Gasteiger partial charge on any atom is 0.409 e. The van der Waals surface area contributed by atoms with Crippen LogP contribution >= 0.6 is 0 Å². The molecule has 1 aromatic heterocycles. The van der Waals surface area contributed by atoms with Crippen LogP contribution in [-0.4, -0.2) is 79.4 Å². The number of hydrazine groups is 1. The number of amides is 3. The molecule has 204 valence electrons. The van der Waals surface area contributed by atoms with Gasteiger partial charge in [0, 0.05) is 50.4 Å². The molecule has 1 spiro atoms. The number of halogens is 1. The number of hydrogen-bond acceptors (Lipinski definition) is 7. The van der Waals surface area contributed by atoms with Crippen LogP contribution in [0.25, 0.3) is 0 Å². The molecule has 3 aliphatic heterocycles. The standard InChI is InChI=1S/C27H35FN6O4/c1-4-23-22(19-14-29-30-15-19)5-6-24(31-23)33-17-27(7-9-32(10-8-27)26(36)38-3)34(25(33)35)16-18-11-20(28)13-21(12-18)37-2/h5-6,11-13,19,29-30H,4,7-10,14-17H2,1-3H3. The molecule has 1 aromatic carbocycles. The molecule has 2 aromatic rings. The third-order valence-corrected chi connectivity index (χ3v) is 7.99. The van der Waals surface area contributed by atoms with Gasteiger partial charge >= 0.3 is 12.1 Å². The molecule has 0 unspecified atom stereocenters. The Labute approximate surface area is 222 Å². The van der Waals surface area contributed by atoms with Gasteiger partial charge in [-0.3, -0.25) is 15.8 Å². The fraction of sp³-hybridized carbons (Fsp3) is 0.519. The first kappa shape index (κ1) is 26.2. The van der Waals surface area contributed by atoms with Crippen molar-refractivity contribution in [1.82, 2.24) is 25.6 Å². The highest BCUT2D eigenvalue weighted by Crippen LogP contribution is 2.40. The van der Waals surface area contributed by atoms with Gasteiger partial charge in [0.25, 0.3) is 0 Å². The number of pyridine rings is 1. The number of benzene rings is 1. The Morgan fingerprint density at radius 3 is 2.55 bits per heavy atom. The zero-order valence-corrected chi connectivity index (χ0v) is 22.1.